The van der Waals surface area contributed by atoms with Crippen LogP contribution in [-0.2, 0) is 28.8 Å². The fourth-order valence-corrected chi connectivity index (χ4v) is 3.91. The summed E-state index contributed by atoms with van der Waals surface area (Å²) in [5, 5.41) is 27.8. The van der Waals surface area contributed by atoms with Crippen LogP contribution in [0.4, 0.5) is 0 Å². The van der Waals surface area contributed by atoms with Crippen LogP contribution >= 0.6 is 0 Å². The molecule has 6 N–H and O–H groups in total. The molecule has 1 fully saturated rings. The number of piperazine rings is 1. The third kappa shape index (κ3) is 16.5. The molecule has 1 rings (SSSR count). The minimum Gasteiger partial charge on any atom is -0.478 e. The van der Waals surface area contributed by atoms with Crippen LogP contribution in [0.25, 0.3) is 0 Å². The molecule has 3 unspecified atom stereocenters. The van der Waals surface area contributed by atoms with Gasteiger partial charge in [-0.25, -0.2) is 9.59 Å². The molecule has 0 spiro atoms. The van der Waals surface area contributed by atoms with Gasteiger partial charge in [0.25, 0.3) is 0 Å². The molecule has 0 aromatic heterocycles. The molecule has 1 saturated heterocycles. The number of nitrogens with one attached hydrogen (secondary N) is 4. The lowest BCUT2D eigenvalue weighted by Gasteiger charge is -2.39. The van der Waals surface area contributed by atoms with Gasteiger partial charge in [0.15, 0.2) is 0 Å². The Hall–Kier alpha value is -3.30. The molecule has 0 radical (unpaired) electrons. The lowest BCUT2D eigenvalue weighted by Crippen LogP contribution is -2.55. The maximum atomic E-state index is 12.4. The number of carbonyl (C=O) groups is 6. The van der Waals surface area contributed by atoms with Crippen molar-refractivity contribution in [1.82, 2.24) is 36.0 Å². The molecule has 0 aromatic rings. The average molecular weight is 588 g/mol. The monoisotopic (exact) mass is 587 g/mol. The number of carboxylic acids is 2. The van der Waals surface area contributed by atoms with Crippen LogP contribution in [0, 0.1) is 0 Å². The van der Waals surface area contributed by atoms with Gasteiger partial charge >= 0.3 is 11.9 Å². The smallest absolute Gasteiger partial charge is 0.347 e. The van der Waals surface area contributed by atoms with Crippen molar-refractivity contribution in [2.75, 3.05) is 53.4 Å². The zero-order valence-electron chi connectivity index (χ0n) is 25.2. The normalized spacial score (nSPS) is 16.9. The van der Waals surface area contributed by atoms with Gasteiger partial charge in [0.05, 0.1) is 0 Å². The molecular weight excluding hydrogens is 538 g/mol. The first kappa shape index (κ1) is 37.7. The number of aliphatic carboxylic acids is 2. The van der Waals surface area contributed by atoms with Crippen LogP contribution in [-0.4, -0.2) is 132 Å². The van der Waals surface area contributed by atoms with Crippen LogP contribution in [0.3, 0.4) is 0 Å². The standard InChI is InChI=1S/C24H43N7O8.C2H6/c1-5-6-17(32)25-21(23(36)37)27-19(34)8-11-30-13-14-31(16(2)15-30)12-9-20(35)28-22(24(38)39)26-18(33)7-10-29(3)4;1-2/h16,21-22H,5-15H2,1-4H3,(H,25,32)(H,26,33)(H,27,34)(H,28,35)(H,36,37)(H,38,39);1-2H3. The minimum absolute atomic E-state index is 0.0461. The van der Waals surface area contributed by atoms with Crippen LogP contribution < -0.4 is 21.3 Å². The molecule has 0 saturated carbocycles. The molecule has 15 nitrogen and oxygen atoms in total. The number of nitrogens with zero attached hydrogens (tertiary/aromatic N) is 3. The van der Waals surface area contributed by atoms with Gasteiger partial charge in [-0.05, 0) is 27.4 Å². The number of rotatable bonds is 17. The predicted octanol–water partition coefficient (Wildman–Crippen LogP) is -1.16. The van der Waals surface area contributed by atoms with Gasteiger partial charge in [0, 0.05) is 71.0 Å². The van der Waals surface area contributed by atoms with Crippen LogP contribution in [0.15, 0.2) is 0 Å². The van der Waals surface area contributed by atoms with E-state index in [1.54, 1.807) is 25.9 Å². The minimum atomic E-state index is -1.51. The van der Waals surface area contributed by atoms with Crippen LogP contribution in [0.5, 0.6) is 0 Å². The van der Waals surface area contributed by atoms with Gasteiger partial charge in [-0.2, -0.15) is 0 Å². The maximum absolute atomic E-state index is 12.4. The summed E-state index contributed by atoms with van der Waals surface area (Å²) in [6.45, 7) is 10.8. The lowest BCUT2D eigenvalue weighted by atomic mass is 10.1. The van der Waals surface area contributed by atoms with Gasteiger partial charge in [-0.1, -0.05) is 20.8 Å². The summed E-state index contributed by atoms with van der Waals surface area (Å²) in [4.78, 5) is 76.9. The Kier molecular flexibility index (Phi) is 18.9. The highest BCUT2D eigenvalue weighted by atomic mass is 16.4. The molecule has 1 aliphatic heterocycles. The summed E-state index contributed by atoms with van der Waals surface area (Å²) in [6, 6.07) is 0.0516. The van der Waals surface area contributed by atoms with E-state index in [9.17, 15) is 39.0 Å². The van der Waals surface area contributed by atoms with Gasteiger partial charge in [0.1, 0.15) is 0 Å². The average Bonchev–Trinajstić information content (AvgIpc) is 2.90. The maximum Gasteiger partial charge on any atom is 0.347 e. The van der Waals surface area contributed by atoms with Crippen molar-refractivity contribution >= 4 is 35.6 Å². The summed E-state index contributed by atoms with van der Waals surface area (Å²) in [5.41, 5.74) is 0. The Bertz CT molecular complexity index is 871. The van der Waals surface area contributed by atoms with E-state index < -0.39 is 47.9 Å². The highest BCUT2D eigenvalue weighted by Gasteiger charge is 2.27. The second kappa shape index (κ2) is 20.6. The van der Waals surface area contributed by atoms with E-state index >= 15 is 0 Å². The van der Waals surface area contributed by atoms with E-state index in [4.69, 9.17) is 0 Å². The highest BCUT2D eigenvalue weighted by Crippen LogP contribution is 2.10. The number of amides is 4. The topological polar surface area (TPSA) is 201 Å². The van der Waals surface area contributed by atoms with E-state index in [0.717, 1.165) is 0 Å². The Labute approximate surface area is 242 Å². The first-order chi connectivity index (χ1) is 19.3. The Morgan fingerprint density at radius 1 is 0.756 bits per heavy atom. The number of hydrogen-bond acceptors (Lipinski definition) is 9. The van der Waals surface area contributed by atoms with Crippen molar-refractivity contribution in [2.45, 2.75) is 78.2 Å². The van der Waals surface area contributed by atoms with Crippen molar-refractivity contribution in [1.29, 1.82) is 0 Å². The Morgan fingerprint density at radius 2 is 1.20 bits per heavy atom. The van der Waals surface area contributed by atoms with E-state index in [0.29, 0.717) is 45.7 Å². The number of hydrogen-bond donors (Lipinski definition) is 6. The van der Waals surface area contributed by atoms with Gasteiger partial charge in [0.2, 0.25) is 36.0 Å². The highest BCUT2D eigenvalue weighted by molar-refractivity contribution is 5.88. The van der Waals surface area contributed by atoms with Crippen LogP contribution in [0.2, 0.25) is 0 Å². The molecule has 236 valence electrons. The van der Waals surface area contributed by atoms with Crippen LogP contribution in [0.1, 0.15) is 59.8 Å². The van der Waals surface area contributed by atoms with Crippen molar-refractivity contribution < 1.29 is 39.0 Å². The third-order valence-electron chi connectivity index (χ3n) is 6.11. The molecule has 0 aromatic carbocycles. The molecule has 0 aliphatic carbocycles. The van der Waals surface area contributed by atoms with Crippen molar-refractivity contribution in [3.63, 3.8) is 0 Å². The zero-order valence-corrected chi connectivity index (χ0v) is 25.2. The lowest BCUT2D eigenvalue weighted by molar-refractivity contribution is -0.145. The van der Waals surface area contributed by atoms with Crippen molar-refractivity contribution in [3.8, 4) is 0 Å². The van der Waals surface area contributed by atoms with E-state index in [-0.39, 0.29) is 31.7 Å². The zero-order chi connectivity index (χ0) is 31.5. The van der Waals surface area contributed by atoms with E-state index in [2.05, 4.69) is 31.1 Å². The Morgan fingerprint density at radius 3 is 1.61 bits per heavy atom. The first-order valence-corrected chi connectivity index (χ1v) is 14.1. The van der Waals surface area contributed by atoms with Gasteiger partial charge < -0.3 is 41.3 Å². The SMILES string of the molecule is CC.CCCC(=O)NC(NC(=O)CCN1CCN(CCC(=O)NC(NC(=O)CCN(C)C)C(=O)O)C(C)C1)C(=O)O. The second-order valence-corrected chi connectivity index (χ2v) is 9.80. The molecule has 4 amide bonds. The number of carboxylic acid groups (broad SMARTS) is 2. The summed E-state index contributed by atoms with van der Waals surface area (Å²) in [5.74, 6) is -4.62. The summed E-state index contributed by atoms with van der Waals surface area (Å²) in [6.07, 6.45) is -2.06. The first-order valence-electron chi connectivity index (χ1n) is 14.1. The summed E-state index contributed by atoms with van der Waals surface area (Å²) in [7, 11) is 3.58. The molecule has 41 heavy (non-hydrogen) atoms. The molecule has 0 bridgehead atoms. The largest absolute Gasteiger partial charge is 0.478 e. The van der Waals surface area contributed by atoms with Gasteiger partial charge in [-0.15, -0.1) is 0 Å². The third-order valence-corrected chi connectivity index (χ3v) is 6.11. The fraction of sp³-hybridized carbons (Fsp3) is 0.769. The van der Waals surface area contributed by atoms with Gasteiger partial charge in [-0.3, -0.25) is 24.1 Å². The molecule has 1 aliphatic rings. The number of carbonyl (C=O) groups excluding carboxylic acids is 4. The quantitative estimate of drug-likeness (QED) is 0.112. The predicted molar refractivity (Wildman–Crippen MR) is 152 cm³/mol. The van der Waals surface area contributed by atoms with E-state index in [1.807, 2.05) is 20.8 Å². The molecular formula is C26H49N7O8. The fourth-order valence-electron chi connectivity index (χ4n) is 3.91. The molecule has 15 heteroatoms. The molecule has 1 heterocycles. The summed E-state index contributed by atoms with van der Waals surface area (Å²) >= 11 is 0. The summed E-state index contributed by atoms with van der Waals surface area (Å²) < 4.78 is 0. The molecule has 3 atom stereocenters. The van der Waals surface area contributed by atoms with Crippen molar-refractivity contribution in [2.24, 2.45) is 0 Å². The van der Waals surface area contributed by atoms with E-state index in [1.165, 1.54) is 0 Å². The van der Waals surface area contributed by atoms with Crippen molar-refractivity contribution in [3.05, 3.63) is 0 Å². The second-order valence-electron chi connectivity index (χ2n) is 9.80. The Balaban J connectivity index is 0.00000781.